The van der Waals surface area contributed by atoms with Gasteiger partial charge >= 0.3 is 0 Å². The van der Waals surface area contributed by atoms with Gasteiger partial charge in [-0.3, -0.25) is 4.79 Å². The second kappa shape index (κ2) is 15.9. The molecular weight excluding hydrogens is 454 g/mol. The van der Waals surface area contributed by atoms with E-state index in [4.69, 9.17) is 15.7 Å². The Bertz CT molecular complexity index is 814. The molecule has 0 aliphatic carbocycles. The summed E-state index contributed by atoms with van der Waals surface area (Å²) in [5.74, 6) is 0.133. The number of carbonyl (C=O) groups is 1. The van der Waals surface area contributed by atoms with E-state index >= 15 is 0 Å². The molecule has 0 spiro atoms. The van der Waals surface area contributed by atoms with E-state index < -0.39 is 0 Å². The molecule has 0 aliphatic rings. The summed E-state index contributed by atoms with van der Waals surface area (Å²) in [6, 6.07) is 10.3. The SMILES string of the molecule is CCCCCCCC(Cc1ccc(O)c(OC)c1)C(N)=O.On1ccccc1=S.[Zn]. The van der Waals surface area contributed by atoms with Crippen molar-refractivity contribution < 1.29 is 39.3 Å². The van der Waals surface area contributed by atoms with Gasteiger partial charge in [-0.2, -0.15) is 4.73 Å². The molecule has 0 fully saturated rings. The molecule has 0 radical (unpaired) electrons. The van der Waals surface area contributed by atoms with Crippen LogP contribution in [0.15, 0.2) is 42.6 Å². The van der Waals surface area contributed by atoms with Crippen LogP contribution in [0.2, 0.25) is 0 Å². The summed E-state index contributed by atoms with van der Waals surface area (Å²) in [4.78, 5) is 11.6. The Balaban J connectivity index is 0.000000782. The number of hydrogen-bond acceptors (Lipinski definition) is 5. The fourth-order valence-corrected chi connectivity index (χ4v) is 3.03. The zero-order valence-corrected chi connectivity index (χ0v) is 21.7. The van der Waals surface area contributed by atoms with E-state index in [1.54, 1.807) is 30.3 Å². The Morgan fingerprint density at radius 1 is 1.20 bits per heavy atom. The summed E-state index contributed by atoms with van der Waals surface area (Å²) in [7, 11) is 1.51. The van der Waals surface area contributed by atoms with Gasteiger partial charge in [0, 0.05) is 31.6 Å². The molecule has 1 aromatic heterocycles. The van der Waals surface area contributed by atoms with Gasteiger partial charge in [0.1, 0.15) is 4.64 Å². The minimum absolute atomic E-state index is 0. The van der Waals surface area contributed by atoms with E-state index in [2.05, 4.69) is 19.1 Å². The monoisotopic (exact) mass is 484 g/mol. The summed E-state index contributed by atoms with van der Waals surface area (Å²) < 4.78 is 6.41. The number of carbonyl (C=O) groups excluding carboxylic acids is 1. The number of aromatic nitrogens is 1. The van der Waals surface area contributed by atoms with E-state index in [1.807, 2.05) is 6.07 Å². The van der Waals surface area contributed by atoms with Crippen LogP contribution in [0, 0.1) is 10.6 Å². The largest absolute Gasteiger partial charge is 0.504 e. The molecule has 6 nitrogen and oxygen atoms in total. The number of nitrogens with two attached hydrogens (primary N) is 1. The van der Waals surface area contributed by atoms with E-state index in [-0.39, 0.29) is 37.1 Å². The predicted molar refractivity (Wildman–Crippen MR) is 117 cm³/mol. The number of pyridine rings is 1. The topological polar surface area (TPSA) is 97.7 Å². The number of rotatable bonds is 10. The minimum Gasteiger partial charge on any atom is -0.504 e. The van der Waals surface area contributed by atoms with Crippen molar-refractivity contribution in [3.8, 4) is 11.5 Å². The molecule has 1 unspecified atom stereocenters. The molecular formula is C22H32N2O4SZn. The summed E-state index contributed by atoms with van der Waals surface area (Å²) in [6.45, 7) is 2.18. The van der Waals surface area contributed by atoms with Crippen molar-refractivity contribution in [3.05, 3.63) is 52.8 Å². The van der Waals surface area contributed by atoms with Gasteiger partial charge in [-0.1, -0.05) is 63.4 Å². The number of phenolic OH excluding ortho intramolecular Hbond substituents is 1. The number of benzene rings is 1. The average Bonchev–Trinajstić information content (AvgIpc) is 2.70. The Kier molecular flexibility index (Phi) is 14.8. The fraction of sp³-hybridized carbons (Fsp3) is 0.455. The Hall–Kier alpha value is -1.92. The molecule has 2 rings (SSSR count). The summed E-state index contributed by atoms with van der Waals surface area (Å²) in [5.41, 5.74) is 6.47. The zero-order chi connectivity index (χ0) is 21.6. The van der Waals surface area contributed by atoms with Gasteiger partial charge in [0.2, 0.25) is 5.91 Å². The smallest absolute Gasteiger partial charge is 0.220 e. The van der Waals surface area contributed by atoms with Crippen molar-refractivity contribution in [3.63, 3.8) is 0 Å². The number of amides is 1. The maximum atomic E-state index is 11.6. The standard InChI is InChI=1S/C17H27NO3.C5H5NOS.Zn/c1-3-4-5-6-7-8-14(17(18)20)11-13-9-10-15(19)16(12-13)21-2;7-6-4-2-1-3-5(6)8;/h9-10,12,14,19H,3-8,11H2,1-2H3,(H2,18,20);1-4,7H;. The van der Waals surface area contributed by atoms with Crippen LogP contribution in [0.1, 0.15) is 51.0 Å². The van der Waals surface area contributed by atoms with Crippen molar-refractivity contribution >= 4 is 18.1 Å². The maximum Gasteiger partial charge on any atom is 0.220 e. The summed E-state index contributed by atoms with van der Waals surface area (Å²) >= 11 is 4.67. The molecule has 2 aromatic rings. The van der Waals surface area contributed by atoms with Crippen LogP contribution < -0.4 is 10.5 Å². The molecule has 1 atom stereocenters. The quantitative estimate of drug-likeness (QED) is 0.193. The third kappa shape index (κ3) is 10.7. The molecule has 0 bridgehead atoms. The first-order valence-corrected chi connectivity index (χ1v) is 10.3. The summed E-state index contributed by atoms with van der Waals surface area (Å²) in [6.07, 6.45) is 8.77. The Labute approximate surface area is 196 Å². The molecule has 0 saturated carbocycles. The first kappa shape index (κ1) is 28.1. The van der Waals surface area contributed by atoms with Crippen LogP contribution in [-0.2, 0) is 30.7 Å². The predicted octanol–water partition coefficient (Wildman–Crippen LogP) is 4.86. The van der Waals surface area contributed by atoms with Crippen LogP contribution in [0.3, 0.4) is 0 Å². The van der Waals surface area contributed by atoms with Crippen LogP contribution in [0.5, 0.6) is 11.5 Å². The van der Waals surface area contributed by atoms with Crippen molar-refractivity contribution in [2.75, 3.05) is 7.11 Å². The minimum atomic E-state index is -0.252. The van der Waals surface area contributed by atoms with Crippen molar-refractivity contribution in [2.24, 2.45) is 11.7 Å². The summed E-state index contributed by atoms with van der Waals surface area (Å²) in [5, 5.41) is 18.3. The maximum absolute atomic E-state index is 11.6. The normalized spacial score (nSPS) is 10.9. The van der Waals surface area contributed by atoms with Crippen molar-refractivity contribution in [1.82, 2.24) is 4.73 Å². The van der Waals surface area contributed by atoms with Crippen LogP contribution in [-0.4, -0.2) is 28.1 Å². The number of aromatic hydroxyl groups is 1. The number of nitrogens with zero attached hydrogens (tertiary/aromatic N) is 1. The van der Waals surface area contributed by atoms with Crippen molar-refractivity contribution in [2.45, 2.75) is 51.9 Å². The molecule has 8 heteroatoms. The molecule has 1 heterocycles. The van der Waals surface area contributed by atoms with Gasteiger partial charge < -0.3 is 20.8 Å². The van der Waals surface area contributed by atoms with Crippen LogP contribution in [0.4, 0.5) is 0 Å². The van der Waals surface area contributed by atoms with Crippen LogP contribution in [0.25, 0.3) is 0 Å². The Morgan fingerprint density at radius 3 is 2.43 bits per heavy atom. The third-order valence-corrected chi connectivity index (χ3v) is 4.91. The number of ether oxygens (including phenoxy) is 1. The van der Waals surface area contributed by atoms with Gasteiger partial charge in [0.15, 0.2) is 11.5 Å². The molecule has 1 amide bonds. The molecule has 0 saturated heterocycles. The van der Waals surface area contributed by atoms with Gasteiger partial charge in [0.25, 0.3) is 0 Å². The molecule has 30 heavy (non-hydrogen) atoms. The second-order valence-electron chi connectivity index (χ2n) is 6.90. The third-order valence-electron chi connectivity index (χ3n) is 4.59. The van der Waals surface area contributed by atoms with E-state index in [0.717, 1.165) is 29.6 Å². The first-order valence-electron chi connectivity index (χ1n) is 9.91. The van der Waals surface area contributed by atoms with E-state index in [9.17, 15) is 9.90 Å². The van der Waals surface area contributed by atoms with E-state index in [0.29, 0.717) is 16.8 Å². The second-order valence-corrected chi connectivity index (χ2v) is 7.31. The van der Waals surface area contributed by atoms with Gasteiger partial charge in [-0.15, -0.1) is 0 Å². The number of unbranched alkanes of at least 4 members (excludes halogenated alkanes) is 4. The first-order chi connectivity index (χ1) is 13.9. The van der Waals surface area contributed by atoms with E-state index in [1.165, 1.54) is 32.6 Å². The van der Waals surface area contributed by atoms with Gasteiger partial charge in [-0.05, 0) is 42.7 Å². The number of hydrogen-bond donors (Lipinski definition) is 3. The molecule has 1 aromatic carbocycles. The van der Waals surface area contributed by atoms with Crippen LogP contribution >= 0.6 is 12.2 Å². The fourth-order valence-electron chi connectivity index (χ4n) is 2.89. The Morgan fingerprint density at radius 2 is 1.90 bits per heavy atom. The zero-order valence-electron chi connectivity index (χ0n) is 17.9. The van der Waals surface area contributed by atoms with Gasteiger partial charge in [0.05, 0.1) is 7.11 Å². The number of methoxy groups -OCH3 is 1. The average molecular weight is 486 g/mol. The number of phenols is 1. The molecule has 162 valence electrons. The van der Waals surface area contributed by atoms with Crippen molar-refractivity contribution in [1.29, 1.82) is 0 Å². The molecule has 4 N–H and O–H groups in total. The van der Waals surface area contributed by atoms with Gasteiger partial charge in [-0.25, -0.2) is 0 Å². The number of primary amides is 1. The molecule has 0 aliphatic heterocycles.